The van der Waals surface area contributed by atoms with Crippen molar-refractivity contribution in [2.45, 2.75) is 38.6 Å². The summed E-state index contributed by atoms with van der Waals surface area (Å²) in [6.07, 6.45) is 0. The number of halogens is 1. The summed E-state index contributed by atoms with van der Waals surface area (Å²) in [6, 6.07) is 1.99. The number of aliphatic hydroxyl groups is 1. The van der Waals surface area contributed by atoms with Crippen LogP contribution in [0.2, 0.25) is 0 Å². The Kier molecular flexibility index (Phi) is 5.06. The summed E-state index contributed by atoms with van der Waals surface area (Å²) in [5.41, 5.74) is 0.739. The summed E-state index contributed by atoms with van der Waals surface area (Å²) >= 11 is 0. The average molecular weight is 289 g/mol. The molecule has 0 aromatic heterocycles. The van der Waals surface area contributed by atoms with Crippen molar-refractivity contribution in [1.82, 2.24) is 4.72 Å². The fourth-order valence-electron chi connectivity index (χ4n) is 1.90. The third-order valence-electron chi connectivity index (χ3n) is 3.18. The quantitative estimate of drug-likeness (QED) is 0.867. The van der Waals surface area contributed by atoms with E-state index >= 15 is 0 Å². The van der Waals surface area contributed by atoms with Crippen LogP contribution in [0.15, 0.2) is 17.0 Å². The van der Waals surface area contributed by atoms with Crippen molar-refractivity contribution in [2.24, 2.45) is 5.92 Å². The maximum atomic E-state index is 13.2. The van der Waals surface area contributed by atoms with Gasteiger partial charge in [-0.25, -0.2) is 17.5 Å². The molecule has 1 rings (SSSR count). The molecular weight excluding hydrogens is 269 g/mol. The lowest BCUT2D eigenvalue weighted by Gasteiger charge is -2.20. The van der Waals surface area contributed by atoms with E-state index in [-0.39, 0.29) is 17.4 Å². The molecule has 0 spiro atoms. The summed E-state index contributed by atoms with van der Waals surface area (Å²) in [7, 11) is -3.72. The van der Waals surface area contributed by atoms with E-state index < -0.39 is 21.9 Å². The molecular formula is C13H20FNO3S. The second-order valence-electron chi connectivity index (χ2n) is 4.94. The third-order valence-corrected chi connectivity index (χ3v) is 5.04. The largest absolute Gasteiger partial charge is 0.396 e. The topological polar surface area (TPSA) is 66.4 Å². The highest BCUT2D eigenvalue weighted by atomic mass is 32.2. The maximum Gasteiger partial charge on any atom is 0.241 e. The zero-order chi connectivity index (χ0) is 14.8. The van der Waals surface area contributed by atoms with Gasteiger partial charge in [0.15, 0.2) is 0 Å². The monoisotopic (exact) mass is 289 g/mol. The number of rotatable bonds is 5. The summed E-state index contributed by atoms with van der Waals surface area (Å²) in [5.74, 6) is -0.651. The van der Waals surface area contributed by atoms with Crippen molar-refractivity contribution in [3.63, 3.8) is 0 Å². The molecule has 2 N–H and O–H groups in total. The predicted octanol–water partition coefficient (Wildman–Crippen LogP) is 1.74. The molecule has 2 unspecified atom stereocenters. The third kappa shape index (κ3) is 3.75. The normalized spacial score (nSPS) is 15.3. The lowest BCUT2D eigenvalue weighted by Crippen LogP contribution is -2.38. The van der Waals surface area contributed by atoms with Crippen molar-refractivity contribution in [2.75, 3.05) is 6.61 Å². The molecule has 0 heterocycles. The molecule has 19 heavy (non-hydrogen) atoms. The van der Waals surface area contributed by atoms with E-state index in [2.05, 4.69) is 4.72 Å². The number of hydrogen-bond donors (Lipinski definition) is 2. The number of aryl methyl sites for hydroxylation is 2. The second-order valence-corrected chi connectivity index (χ2v) is 6.59. The van der Waals surface area contributed by atoms with Crippen LogP contribution in [0.5, 0.6) is 0 Å². The summed E-state index contributed by atoms with van der Waals surface area (Å²) in [6.45, 7) is 6.45. The van der Waals surface area contributed by atoms with Crippen LogP contribution in [0.4, 0.5) is 4.39 Å². The number of sulfonamides is 1. The fourth-order valence-corrected chi connectivity index (χ4v) is 3.70. The zero-order valence-electron chi connectivity index (χ0n) is 11.6. The van der Waals surface area contributed by atoms with Gasteiger partial charge in [-0.05, 0) is 49.9 Å². The SMILES string of the molecule is Cc1cc(F)cc(C)c1S(=O)(=O)NC(C)C(C)CO. The van der Waals surface area contributed by atoms with Crippen LogP contribution < -0.4 is 4.72 Å². The maximum absolute atomic E-state index is 13.2. The molecule has 4 nitrogen and oxygen atoms in total. The lowest BCUT2D eigenvalue weighted by atomic mass is 10.1. The van der Waals surface area contributed by atoms with Crippen LogP contribution in [0.25, 0.3) is 0 Å². The van der Waals surface area contributed by atoms with Crippen LogP contribution in [0.1, 0.15) is 25.0 Å². The number of aliphatic hydroxyl groups excluding tert-OH is 1. The van der Waals surface area contributed by atoms with Gasteiger partial charge in [0.25, 0.3) is 0 Å². The van der Waals surface area contributed by atoms with Gasteiger partial charge in [0.05, 0.1) is 4.90 Å². The first-order valence-corrected chi connectivity index (χ1v) is 7.57. The minimum atomic E-state index is -3.72. The van der Waals surface area contributed by atoms with Gasteiger partial charge in [0.2, 0.25) is 10.0 Å². The van der Waals surface area contributed by atoms with E-state index in [0.717, 1.165) is 0 Å². The first-order valence-electron chi connectivity index (χ1n) is 6.09. The van der Waals surface area contributed by atoms with Gasteiger partial charge >= 0.3 is 0 Å². The van der Waals surface area contributed by atoms with Crippen molar-refractivity contribution in [3.8, 4) is 0 Å². The number of hydrogen-bond acceptors (Lipinski definition) is 3. The molecule has 0 saturated heterocycles. The Morgan fingerprint density at radius 1 is 1.26 bits per heavy atom. The molecule has 0 radical (unpaired) electrons. The van der Waals surface area contributed by atoms with E-state index in [1.807, 2.05) is 0 Å². The molecule has 108 valence electrons. The molecule has 0 aliphatic heterocycles. The van der Waals surface area contributed by atoms with Gasteiger partial charge in [-0.15, -0.1) is 0 Å². The van der Waals surface area contributed by atoms with Crippen LogP contribution in [-0.4, -0.2) is 26.2 Å². The van der Waals surface area contributed by atoms with Crippen molar-refractivity contribution in [1.29, 1.82) is 0 Å². The summed E-state index contributed by atoms with van der Waals surface area (Å²) in [4.78, 5) is 0.103. The van der Waals surface area contributed by atoms with E-state index in [0.29, 0.717) is 11.1 Å². The summed E-state index contributed by atoms with van der Waals surface area (Å²) < 4.78 is 40.3. The van der Waals surface area contributed by atoms with Crippen LogP contribution in [0.3, 0.4) is 0 Å². The fraction of sp³-hybridized carbons (Fsp3) is 0.538. The Hall–Kier alpha value is -0.980. The Bertz CT molecular complexity index is 534. The van der Waals surface area contributed by atoms with Crippen LogP contribution >= 0.6 is 0 Å². The van der Waals surface area contributed by atoms with Gasteiger partial charge < -0.3 is 5.11 Å². The molecule has 0 fully saturated rings. The molecule has 1 aromatic carbocycles. The van der Waals surface area contributed by atoms with Crippen molar-refractivity contribution < 1.29 is 17.9 Å². The van der Waals surface area contributed by atoms with Gasteiger partial charge in [0.1, 0.15) is 5.82 Å². The van der Waals surface area contributed by atoms with Crippen LogP contribution in [-0.2, 0) is 10.0 Å². The Morgan fingerprint density at radius 2 is 1.74 bits per heavy atom. The second kappa shape index (κ2) is 5.98. The Balaban J connectivity index is 3.15. The first-order chi connectivity index (χ1) is 8.69. The average Bonchev–Trinajstić information content (AvgIpc) is 2.24. The molecule has 0 bridgehead atoms. The highest BCUT2D eigenvalue weighted by Gasteiger charge is 2.24. The molecule has 1 aromatic rings. The highest BCUT2D eigenvalue weighted by molar-refractivity contribution is 7.89. The Morgan fingerprint density at radius 3 is 2.16 bits per heavy atom. The van der Waals surface area contributed by atoms with Gasteiger partial charge in [-0.1, -0.05) is 6.92 Å². The van der Waals surface area contributed by atoms with E-state index in [1.165, 1.54) is 12.1 Å². The first kappa shape index (κ1) is 16.1. The van der Waals surface area contributed by atoms with E-state index in [4.69, 9.17) is 5.11 Å². The highest BCUT2D eigenvalue weighted by Crippen LogP contribution is 2.22. The summed E-state index contributed by atoms with van der Waals surface area (Å²) in [5, 5.41) is 9.03. The Labute approximate surface area is 113 Å². The van der Waals surface area contributed by atoms with Gasteiger partial charge in [-0.3, -0.25) is 0 Å². The predicted molar refractivity (Wildman–Crippen MR) is 71.9 cm³/mol. The molecule has 2 atom stereocenters. The molecule has 0 aliphatic rings. The standard InChI is InChI=1S/C13H20FNO3S/c1-8-5-12(14)6-9(2)13(8)19(17,18)15-11(4)10(3)7-16/h5-6,10-11,15-16H,7H2,1-4H3. The molecule has 0 saturated carbocycles. The molecule has 6 heteroatoms. The van der Waals surface area contributed by atoms with Crippen LogP contribution in [0, 0.1) is 25.6 Å². The number of nitrogens with one attached hydrogen (secondary N) is 1. The number of benzene rings is 1. The van der Waals surface area contributed by atoms with E-state index in [1.54, 1.807) is 27.7 Å². The van der Waals surface area contributed by atoms with Crippen molar-refractivity contribution in [3.05, 3.63) is 29.1 Å². The smallest absolute Gasteiger partial charge is 0.241 e. The van der Waals surface area contributed by atoms with Gasteiger partial charge in [-0.2, -0.15) is 0 Å². The minimum Gasteiger partial charge on any atom is -0.396 e. The molecule has 0 amide bonds. The zero-order valence-corrected chi connectivity index (χ0v) is 12.4. The lowest BCUT2D eigenvalue weighted by molar-refractivity contribution is 0.216. The van der Waals surface area contributed by atoms with Gasteiger partial charge in [0, 0.05) is 12.6 Å². The minimum absolute atomic E-state index is 0.103. The molecule has 0 aliphatic carbocycles. The van der Waals surface area contributed by atoms with Crippen molar-refractivity contribution >= 4 is 10.0 Å². The van der Waals surface area contributed by atoms with E-state index in [9.17, 15) is 12.8 Å².